The van der Waals surface area contributed by atoms with Gasteiger partial charge < -0.3 is 9.80 Å². The normalized spacial score (nSPS) is 12.5. The molecule has 0 saturated carbocycles. The predicted molar refractivity (Wildman–Crippen MR) is 155 cm³/mol. The fourth-order valence-corrected chi connectivity index (χ4v) is 5.25. The van der Waals surface area contributed by atoms with Crippen molar-refractivity contribution in [2.24, 2.45) is 0 Å². The Morgan fingerprint density at radius 3 is 1.08 bits per heavy atom. The lowest BCUT2D eigenvalue weighted by Crippen LogP contribution is -2.10. The van der Waals surface area contributed by atoms with Crippen LogP contribution in [0.1, 0.15) is 11.1 Å². The molecule has 2 aliphatic heterocycles. The molecule has 174 valence electrons. The van der Waals surface area contributed by atoms with E-state index in [1.807, 2.05) is 0 Å². The van der Waals surface area contributed by atoms with E-state index in [4.69, 9.17) is 0 Å². The average Bonchev–Trinajstić information content (AvgIpc) is 3.16. The minimum atomic E-state index is 1.25. The SMILES string of the molecule is CN1c2ccccc2-c2ccccc2-c2ccccc21.CN1c2ccccc2C=Cc2ccccc21. The first-order valence-electron chi connectivity index (χ1n) is 12.3. The number of para-hydroxylation sites is 4. The van der Waals surface area contributed by atoms with Gasteiger partial charge in [-0.2, -0.15) is 0 Å². The van der Waals surface area contributed by atoms with E-state index in [1.54, 1.807) is 0 Å². The second kappa shape index (κ2) is 9.24. The van der Waals surface area contributed by atoms with Crippen molar-refractivity contribution in [1.29, 1.82) is 0 Å². The van der Waals surface area contributed by atoms with Crippen LogP contribution in [0.5, 0.6) is 0 Å². The number of hydrogen-bond donors (Lipinski definition) is 0. The van der Waals surface area contributed by atoms with E-state index in [9.17, 15) is 0 Å². The van der Waals surface area contributed by atoms with Gasteiger partial charge in [-0.1, -0.05) is 109 Å². The third-order valence-electron chi connectivity index (χ3n) is 7.08. The lowest BCUT2D eigenvalue weighted by Gasteiger charge is -2.21. The largest absolute Gasteiger partial charge is 0.344 e. The van der Waals surface area contributed by atoms with Gasteiger partial charge in [-0.15, -0.1) is 0 Å². The Morgan fingerprint density at radius 1 is 0.333 bits per heavy atom. The average molecular weight is 465 g/mol. The van der Waals surface area contributed by atoms with E-state index in [0.29, 0.717) is 0 Å². The summed E-state index contributed by atoms with van der Waals surface area (Å²) >= 11 is 0. The molecule has 2 nitrogen and oxygen atoms in total. The molecule has 2 aliphatic rings. The van der Waals surface area contributed by atoms with Crippen LogP contribution in [0.4, 0.5) is 22.7 Å². The molecule has 5 aromatic carbocycles. The summed E-state index contributed by atoms with van der Waals surface area (Å²) in [6.07, 6.45) is 4.36. The van der Waals surface area contributed by atoms with Gasteiger partial charge in [-0.25, -0.2) is 0 Å². The molecule has 7 rings (SSSR count). The van der Waals surface area contributed by atoms with Gasteiger partial charge >= 0.3 is 0 Å². The summed E-state index contributed by atoms with van der Waals surface area (Å²) in [5.41, 5.74) is 12.7. The highest BCUT2D eigenvalue weighted by atomic mass is 15.1. The van der Waals surface area contributed by atoms with E-state index in [2.05, 4.69) is 157 Å². The second-order valence-electron chi connectivity index (χ2n) is 9.15. The first-order valence-corrected chi connectivity index (χ1v) is 12.3. The molecular weight excluding hydrogens is 436 g/mol. The molecule has 0 aliphatic carbocycles. The zero-order chi connectivity index (χ0) is 24.5. The van der Waals surface area contributed by atoms with Crippen LogP contribution in [0.2, 0.25) is 0 Å². The minimum absolute atomic E-state index is 1.25. The highest BCUT2D eigenvalue weighted by Crippen LogP contribution is 2.46. The summed E-state index contributed by atoms with van der Waals surface area (Å²) in [6, 6.07) is 42.8. The molecule has 36 heavy (non-hydrogen) atoms. The van der Waals surface area contributed by atoms with E-state index in [1.165, 1.54) is 56.1 Å². The van der Waals surface area contributed by atoms with E-state index in [0.717, 1.165) is 0 Å². The van der Waals surface area contributed by atoms with Crippen LogP contribution in [0.15, 0.2) is 121 Å². The van der Waals surface area contributed by atoms with Gasteiger partial charge in [0.25, 0.3) is 0 Å². The summed E-state index contributed by atoms with van der Waals surface area (Å²) in [6.45, 7) is 0. The Balaban J connectivity index is 0.000000137. The van der Waals surface area contributed by atoms with Gasteiger partial charge in [-0.3, -0.25) is 0 Å². The van der Waals surface area contributed by atoms with E-state index < -0.39 is 0 Å². The molecule has 0 aromatic heterocycles. The van der Waals surface area contributed by atoms with E-state index in [-0.39, 0.29) is 0 Å². The molecule has 0 saturated heterocycles. The monoisotopic (exact) mass is 464 g/mol. The van der Waals surface area contributed by atoms with Crippen LogP contribution in [-0.4, -0.2) is 14.1 Å². The molecule has 0 N–H and O–H groups in total. The lowest BCUT2D eigenvalue weighted by molar-refractivity contribution is 1.20. The summed E-state index contributed by atoms with van der Waals surface area (Å²) in [4.78, 5) is 4.52. The maximum atomic E-state index is 2.28. The Kier molecular flexibility index (Phi) is 5.63. The minimum Gasteiger partial charge on any atom is -0.344 e. The molecule has 2 heteroatoms. The number of hydrogen-bond acceptors (Lipinski definition) is 2. The van der Waals surface area contributed by atoms with Crippen LogP contribution in [-0.2, 0) is 0 Å². The van der Waals surface area contributed by atoms with Gasteiger partial charge in [0, 0.05) is 48.0 Å². The molecule has 0 fully saturated rings. The Morgan fingerprint density at radius 2 is 0.639 bits per heavy atom. The standard InChI is InChI=1S/C19H15N.C15H13N/c1-20-18-12-6-4-10-16(18)14-8-2-3-9-15(14)17-11-5-7-13-19(17)20;1-16-14-8-4-2-6-12(14)10-11-13-7-3-5-9-15(13)16/h2-13H,1H3;2-11H,1H3. The summed E-state index contributed by atoms with van der Waals surface area (Å²) in [7, 11) is 4.26. The van der Waals surface area contributed by atoms with Crippen molar-refractivity contribution in [2.45, 2.75) is 0 Å². The zero-order valence-corrected chi connectivity index (χ0v) is 20.6. The third kappa shape index (κ3) is 3.77. The van der Waals surface area contributed by atoms with E-state index >= 15 is 0 Å². The van der Waals surface area contributed by atoms with Crippen LogP contribution >= 0.6 is 0 Å². The van der Waals surface area contributed by atoms with Gasteiger partial charge in [0.1, 0.15) is 0 Å². The third-order valence-corrected chi connectivity index (χ3v) is 7.08. The van der Waals surface area contributed by atoms with Crippen molar-refractivity contribution in [1.82, 2.24) is 0 Å². The summed E-state index contributed by atoms with van der Waals surface area (Å²) in [5, 5.41) is 0. The Labute approximate surface area is 213 Å². The van der Waals surface area contributed by atoms with Crippen molar-refractivity contribution in [3.63, 3.8) is 0 Å². The maximum Gasteiger partial charge on any atom is 0.0488 e. The Bertz CT molecular complexity index is 1460. The van der Waals surface area contributed by atoms with Gasteiger partial charge in [0.2, 0.25) is 0 Å². The first-order chi connectivity index (χ1) is 17.7. The zero-order valence-electron chi connectivity index (χ0n) is 20.6. The van der Waals surface area contributed by atoms with Crippen molar-refractivity contribution >= 4 is 34.9 Å². The summed E-state index contributed by atoms with van der Waals surface area (Å²) in [5.74, 6) is 0. The summed E-state index contributed by atoms with van der Waals surface area (Å²) < 4.78 is 0. The number of anilines is 4. The Hall–Kier alpha value is -4.56. The van der Waals surface area contributed by atoms with Crippen molar-refractivity contribution < 1.29 is 0 Å². The molecule has 2 heterocycles. The molecule has 0 unspecified atom stereocenters. The predicted octanol–water partition coefficient (Wildman–Crippen LogP) is 9.04. The van der Waals surface area contributed by atoms with Crippen LogP contribution in [0, 0.1) is 0 Å². The quantitative estimate of drug-likeness (QED) is 0.225. The lowest BCUT2D eigenvalue weighted by atomic mass is 9.95. The topological polar surface area (TPSA) is 6.48 Å². The maximum absolute atomic E-state index is 2.28. The number of fused-ring (bicyclic) bond motifs is 7. The van der Waals surface area contributed by atoms with Gasteiger partial charge in [0.05, 0.1) is 0 Å². The van der Waals surface area contributed by atoms with Crippen molar-refractivity contribution in [2.75, 3.05) is 23.9 Å². The van der Waals surface area contributed by atoms with Crippen molar-refractivity contribution in [3.8, 4) is 22.3 Å². The molecular formula is C34H28N2. The van der Waals surface area contributed by atoms with Crippen LogP contribution < -0.4 is 9.80 Å². The number of nitrogens with zero attached hydrogens (tertiary/aromatic N) is 2. The van der Waals surface area contributed by atoms with Gasteiger partial charge in [0.15, 0.2) is 0 Å². The molecule has 0 radical (unpaired) electrons. The van der Waals surface area contributed by atoms with Crippen molar-refractivity contribution in [3.05, 3.63) is 132 Å². The second-order valence-corrected chi connectivity index (χ2v) is 9.15. The molecule has 0 atom stereocenters. The van der Waals surface area contributed by atoms with Crippen LogP contribution in [0.3, 0.4) is 0 Å². The smallest absolute Gasteiger partial charge is 0.0488 e. The molecule has 0 bridgehead atoms. The fourth-order valence-electron chi connectivity index (χ4n) is 5.25. The molecule has 5 aromatic rings. The highest BCUT2D eigenvalue weighted by Gasteiger charge is 2.21. The highest BCUT2D eigenvalue weighted by molar-refractivity contribution is 5.99. The molecule has 0 amide bonds. The van der Waals surface area contributed by atoms with Crippen LogP contribution in [0.25, 0.3) is 34.4 Å². The number of benzene rings is 5. The number of rotatable bonds is 0. The first kappa shape index (κ1) is 21.9. The fraction of sp³-hybridized carbons (Fsp3) is 0.0588. The molecule has 0 spiro atoms. The van der Waals surface area contributed by atoms with Gasteiger partial charge in [-0.05, 0) is 46.5 Å².